The number of hydrogen-bond acceptors (Lipinski definition) is 4. The SMILES string of the molecule is CNc1ncc(F)cc1C(=O)Nc1ccc(C)cn1. The molecule has 0 radical (unpaired) electrons. The first-order valence-corrected chi connectivity index (χ1v) is 5.67. The van der Waals surface area contributed by atoms with Gasteiger partial charge in [0.05, 0.1) is 11.8 Å². The number of carbonyl (C=O) groups excluding carboxylic acids is 1. The Kier molecular flexibility index (Phi) is 3.70. The third-order valence-corrected chi connectivity index (χ3v) is 2.49. The summed E-state index contributed by atoms with van der Waals surface area (Å²) < 4.78 is 13.1. The number of amides is 1. The lowest BCUT2D eigenvalue weighted by molar-refractivity contribution is 0.102. The Morgan fingerprint density at radius 3 is 2.68 bits per heavy atom. The molecule has 0 fully saturated rings. The summed E-state index contributed by atoms with van der Waals surface area (Å²) in [6.45, 7) is 1.90. The van der Waals surface area contributed by atoms with E-state index in [1.165, 1.54) is 0 Å². The van der Waals surface area contributed by atoms with Gasteiger partial charge in [0.2, 0.25) is 0 Å². The molecule has 2 aromatic heterocycles. The zero-order chi connectivity index (χ0) is 13.8. The van der Waals surface area contributed by atoms with Gasteiger partial charge in [-0.2, -0.15) is 0 Å². The molecule has 0 saturated heterocycles. The molecule has 0 spiro atoms. The van der Waals surface area contributed by atoms with Gasteiger partial charge in [-0.1, -0.05) is 6.07 Å². The summed E-state index contributed by atoms with van der Waals surface area (Å²) in [5.74, 6) is -0.318. The summed E-state index contributed by atoms with van der Waals surface area (Å²) in [7, 11) is 1.61. The number of aryl methyl sites for hydroxylation is 1. The minimum atomic E-state index is -0.569. The summed E-state index contributed by atoms with van der Waals surface area (Å²) in [5, 5.41) is 5.33. The molecule has 1 amide bonds. The standard InChI is InChI=1S/C13H13FN4O/c1-8-3-4-11(16-6-8)18-13(19)10-5-9(14)7-17-12(10)15-2/h3-7H,1-2H3,(H,15,17)(H,16,18,19). The second-order valence-corrected chi connectivity index (χ2v) is 3.97. The van der Waals surface area contributed by atoms with Crippen LogP contribution in [-0.2, 0) is 0 Å². The predicted octanol–water partition coefficient (Wildman–Crippen LogP) is 2.22. The molecule has 98 valence electrons. The van der Waals surface area contributed by atoms with E-state index in [1.807, 2.05) is 13.0 Å². The highest BCUT2D eigenvalue weighted by molar-refractivity contribution is 6.07. The van der Waals surface area contributed by atoms with Crippen LogP contribution >= 0.6 is 0 Å². The van der Waals surface area contributed by atoms with Crippen LogP contribution in [0.5, 0.6) is 0 Å². The van der Waals surface area contributed by atoms with Gasteiger partial charge in [-0.15, -0.1) is 0 Å². The zero-order valence-electron chi connectivity index (χ0n) is 10.6. The third-order valence-electron chi connectivity index (χ3n) is 2.49. The highest BCUT2D eigenvalue weighted by Crippen LogP contribution is 2.15. The summed E-state index contributed by atoms with van der Waals surface area (Å²) in [6, 6.07) is 4.63. The smallest absolute Gasteiger partial charge is 0.260 e. The van der Waals surface area contributed by atoms with Gasteiger partial charge in [-0.25, -0.2) is 14.4 Å². The molecule has 0 atom stereocenters. The number of aromatic nitrogens is 2. The number of pyridine rings is 2. The zero-order valence-corrected chi connectivity index (χ0v) is 10.6. The topological polar surface area (TPSA) is 66.9 Å². The van der Waals surface area contributed by atoms with E-state index in [1.54, 1.807) is 19.3 Å². The fraction of sp³-hybridized carbons (Fsp3) is 0.154. The molecule has 0 aromatic carbocycles. The number of carbonyl (C=O) groups is 1. The molecule has 0 aliphatic carbocycles. The number of rotatable bonds is 3. The van der Waals surface area contributed by atoms with Gasteiger partial charge in [0, 0.05) is 13.2 Å². The van der Waals surface area contributed by atoms with E-state index in [4.69, 9.17) is 0 Å². The van der Waals surface area contributed by atoms with Crippen molar-refractivity contribution in [2.45, 2.75) is 6.92 Å². The second-order valence-electron chi connectivity index (χ2n) is 3.97. The molecular formula is C13H13FN4O. The van der Waals surface area contributed by atoms with Crippen molar-refractivity contribution >= 4 is 17.5 Å². The monoisotopic (exact) mass is 260 g/mol. The molecule has 0 unspecified atom stereocenters. The number of halogens is 1. The molecule has 2 rings (SSSR count). The molecule has 5 nitrogen and oxygen atoms in total. The Morgan fingerprint density at radius 2 is 2.05 bits per heavy atom. The van der Waals surface area contributed by atoms with Crippen molar-refractivity contribution in [2.75, 3.05) is 17.7 Å². The molecule has 0 bridgehead atoms. The summed E-state index contributed by atoms with van der Waals surface area (Å²) >= 11 is 0. The first-order valence-electron chi connectivity index (χ1n) is 5.67. The number of hydrogen-bond donors (Lipinski definition) is 2. The lowest BCUT2D eigenvalue weighted by Gasteiger charge is -2.08. The Labute approximate surface area is 109 Å². The molecule has 0 aliphatic rings. The highest BCUT2D eigenvalue weighted by atomic mass is 19.1. The molecule has 2 heterocycles. The average molecular weight is 260 g/mol. The predicted molar refractivity (Wildman–Crippen MR) is 70.7 cm³/mol. The summed E-state index contributed by atoms with van der Waals surface area (Å²) in [4.78, 5) is 19.9. The van der Waals surface area contributed by atoms with E-state index in [9.17, 15) is 9.18 Å². The fourth-order valence-corrected chi connectivity index (χ4v) is 1.54. The van der Waals surface area contributed by atoms with Crippen molar-refractivity contribution in [1.29, 1.82) is 0 Å². The Balaban J connectivity index is 2.24. The molecule has 2 aromatic rings. The van der Waals surface area contributed by atoms with Gasteiger partial charge >= 0.3 is 0 Å². The van der Waals surface area contributed by atoms with Crippen molar-refractivity contribution in [3.05, 3.63) is 47.5 Å². The second kappa shape index (κ2) is 5.43. The van der Waals surface area contributed by atoms with Crippen LogP contribution in [0.4, 0.5) is 16.0 Å². The maximum absolute atomic E-state index is 13.1. The van der Waals surface area contributed by atoms with Crippen LogP contribution < -0.4 is 10.6 Å². The van der Waals surface area contributed by atoms with Gasteiger partial charge in [-0.05, 0) is 24.6 Å². The Bertz CT molecular complexity index is 598. The van der Waals surface area contributed by atoms with Gasteiger partial charge in [0.15, 0.2) is 0 Å². The van der Waals surface area contributed by atoms with Gasteiger partial charge in [-0.3, -0.25) is 4.79 Å². The highest BCUT2D eigenvalue weighted by Gasteiger charge is 2.13. The van der Waals surface area contributed by atoms with E-state index >= 15 is 0 Å². The van der Waals surface area contributed by atoms with E-state index < -0.39 is 11.7 Å². The van der Waals surface area contributed by atoms with Crippen LogP contribution in [0.25, 0.3) is 0 Å². The Morgan fingerprint density at radius 1 is 1.26 bits per heavy atom. The van der Waals surface area contributed by atoms with E-state index in [0.717, 1.165) is 17.8 Å². The van der Waals surface area contributed by atoms with Crippen LogP contribution in [0.15, 0.2) is 30.6 Å². The van der Waals surface area contributed by atoms with E-state index in [0.29, 0.717) is 11.6 Å². The molecule has 2 N–H and O–H groups in total. The first-order chi connectivity index (χ1) is 9.10. The lowest BCUT2D eigenvalue weighted by Crippen LogP contribution is -2.16. The minimum absolute atomic E-state index is 0.130. The largest absolute Gasteiger partial charge is 0.372 e. The Hall–Kier alpha value is -2.50. The molecular weight excluding hydrogens is 247 g/mol. The molecule has 0 aliphatic heterocycles. The van der Waals surface area contributed by atoms with Crippen LogP contribution in [0.2, 0.25) is 0 Å². The van der Waals surface area contributed by atoms with Crippen molar-refractivity contribution in [3.8, 4) is 0 Å². The number of nitrogens with zero attached hydrogens (tertiary/aromatic N) is 2. The lowest BCUT2D eigenvalue weighted by atomic mass is 10.2. The van der Waals surface area contributed by atoms with Crippen LogP contribution in [0, 0.1) is 12.7 Å². The van der Waals surface area contributed by atoms with Crippen molar-refractivity contribution in [1.82, 2.24) is 9.97 Å². The normalized spacial score (nSPS) is 10.1. The van der Waals surface area contributed by atoms with E-state index in [2.05, 4.69) is 20.6 Å². The maximum Gasteiger partial charge on any atom is 0.260 e. The molecule has 19 heavy (non-hydrogen) atoms. The minimum Gasteiger partial charge on any atom is -0.372 e. The van der Waals surface area contributed by atoms with Gasteiger partial charge in [0.25, 0.3) is 5.91 Å². The van der Waals surface area contributed by atoms with Crippen molar-refractivity contribution in [3.63, 3.8) is 0 Å². The molecule has 6 heteroatoms. The number of nitrogens with one attached hydrogen (secondary N) is 2. The fourth-order valence-electron chi connectivity index (χ4n) is 1.54. The van der Waals surface area contributed by atoms with Crippen LogP contribution in [-0.4, -0.2) is 22.9 Å². The maximum atomic E-state index is 13.1. The quantitative estimate of drug-likeness (QED) is 0.888. The van der Waals surface area contributed by atoms with Gasteiger partial charge in [0.1, 0.15) is 17.5 Å². The average Bonchev–Trinajstić information content (AvgIpc) is 2.41. The summed E-state index contributed by atoms with van der Waals surface area (Å²) in [5.41, 5.74) is 1.12. The number of anilines is 2. The van der Waals surface area contributed by atoms with Crippen molar-refractivity contribution < 1.29 is 9.18 Å². The first kappa shape index (κ1) is 12.9. The van der Waals surface area contributed by atoms with Crippen LogP contribution in [0.3, 0.4) is 0 Å². The summed E-state index contributed by atoms with van der Waals surface area (Å²) in [6.07, 6.45) is 2.69. The van der Waals surface area contributed by atoms with Crippen molar-refractivity contribution in [2.24, 2.45) is 0 Å². The van der Waals surface area contributed by atoms with E-state index in [-0.39, 0.29) is 5.56 Å². The van der Waals surface area contributed by atoms with Crippen LogP contribution in [0.1, 0.15) is 15.9 Å². The third kappa shape index (κ3) is 3.04. The van der Waals surface area contributed by atoms with Gasteiger partial charge < -0.3 is 10.6 Å². The molecule has 0 saturated carbocycles.